The molecule has 7 heteroatoms. The Morgan fingerprint density at radius 2 is 1.28 bits per heavy atom. The molecule has 0 unspecified atom stereocenters. The Kier molecular flexibility index (Phi) is 8.74. The van der Waals surface area contributed by atoms with Crippen LogP contribution in [-0.4, -0.2) is 23.8 Å². The summed E-state index contributed by atoms with van der Waals surface area (Å²) in [6.07, 6.45) is 0. The first-order chi connectivity index (χ1) is 12.8. The Morgan fingerprint density at radius 3 is 1.83 bits per heavy atom. The molecule has 2 aromatic carbocycles. The molecule has 0 radical (unpaired) electrons. The van der Waals surface area contributed by atoms with Gasteiger partial charge in [0.2, 0.25) is 0 Å². The van der Waals surface area contributed by atoms with E-state index in [2.05, 4.69) is 9.98 Å². The largest absolute Gasteiger partial charge is 0.456 e. The number of amidine groups is 2. The van der Waals surface area contributed by atoms with Crippen LogP contribution in [0.4, 0.5) is 0 Å². The SMILES string of the molecule is CC(C)N=C(N)c1ccc(-c2cc3cc(C(N)=NC(C)C)ccc3o2)cc1.Cl.Cl. The standard InChI is InChI=1S/C22H26N4O.2ClH/c1-13(2)25-21(23)16-7-5-15(6-8-16)20-12-18-11-17(9-10-19(18)27-20)22(24)26-14(3)4;;/h5-14H,1-4H3,(H2,23,25)(H2,24,26);2*1H. The second-order valence-electron chi connectivity index (χ2n) is 7.16. The second kappa shape index (κ2) is 10.3. The molecule has 0 amide bonds. The highest BCUT2D eigenvalue weighted by molar-refractivity contribution is 6.01. The molecule has 0 saturated carbocycles. The number of nitrogens with zero attached hydrogens (tertiary/aromatic N) is 2. The monoisotopic (exact) mass is 434 g/mol. The number of fused-ring (bicyclic) bond motifs is 1. The smallest absolute Gasteiger partial charge is 0.135 e. The van der Waals surface area contributed by atoms with Gasteiger partial charge in [0.1, 0.15) is 23.0 Å². The zero-order valence-electron chi connectivity index (χ0n) is 17.0. The highest BCUT2D eigenvalue weighted by Crippen LogP contribution is 2.28. The lowest BCUT2D eigenvalue weighted by Gasteiger charge is -2.04. The molecule has 1 aromatic heterocycles. The molecule has 156 valence electrons. The van der Waals surface area contributed by atoms with Crippen molar-refractivity contribution < 1.29 is 4.42 Å². The maximum atomic E-state index is 6.08. The molecule has 4 N–H and O–H groups in total. The fourth-order valence-corrected chi connectivity index (χ4v) is 2.86. The summed E-state index contributed by atoms with van der Waals surface area (Å²) in [6, 6.07) is 16.1. The molecule has 0 aliphatic carbocycles. The molecule has 0 aliphatic rings. The molecule has 0 aliphatic heterocycles. The maximum Gasteiger partial charge on any atom is 0.135 e. The van der Waals surface area contributed by atoms with Gasteiger partial charge in [-0.1, -0.05) is 24.3 Å². The summed E-state index contributed by atoms with van der Waals surface area (Å²) in [5.74, 6) is 1.89. The van der Waals surface area contributed by atoms with Crippen molar-refractivity contribution in [3.05, 3.63) is 59.7 Å². The summed E-state index contributed by atoms with van der Waals surface area (Å²) < 4.78 is 5.99. The number of hydrogen-bond donors (Lipinski definition) is 2. The fraction of sp³-hybridized carbons (Fsp3) is 0.273. The van der Waals surface area contributed by atoms with Crippen LogP contribution in [0.5, 0.6) is 0 Å². The first-order valence-corrected chi connectivity index (χ1v) is 9.15. The Hall–Kier alpha value is -2.50. The molecule has 0 fully saturated rings. The van der Waals surface area contributed by atoms with Crippen molar-refractivity contribution in [2.24, 2.45) is 21.5 Å². The highest BCUT2D eigenvalue weighted by Gasteiger charge is 2.09. The molecule has 29 heavy (non-hydrogen) atoms. The predicted octanol–water partition coefficient (Wildman–Crippen LogP) is 5.17. The summed E-state index contributed by atoms with van der Waals surface area (Å²) >= 11 is 0. The molecule has 3 rings (SSSR count). The van der Waals surface area contributed by atoms with Crippen molar-refractivity contribution in [2.75, 3.05) is 0 Å². The first kappa shape index (κ1) is 24.5. The van der Waals surface area contributed by atoms with Gasteiger partial charge in [0, 0.05) is 34.2 Å². The van der Waals surface area contributed by atoms with Crippen molar-refractivity contribution in [1.29, 1.82) is 0 Å². The minimum atomic E-state index is 0. The van der Waals surface area contributed by atoms with Crippen LogP contribution in [0.1, 0.15) is 38.8 Å². The van der Waals surface area contributed by atoms with Crippen LogP contribution in [0.15, 0.2) is 62.9 Å². The summed E-state index contributed by atoms with van der Waals surface area (Å²) in [5.41, 5.74) is 15.7. The maximum absolute atomic E-state index is 6.08. The normalized spacial score (nSPS) is 12.2. The third kappa shape index (κ3) is 5.99. The van der Waals surface area contributed by atoms with E-state index in [1.807, 2.05) is 76.2 Å². The van der Waals surface area contributed by atoms with E-state index in [1.165, 1.54) is 0 Å². The Morgan fingerprint density at radius 1 is 0.759 bits per heavy atom. The van der Waals surface area contributed by atoms with Crippen LogP contribution in [0, 0.1) is 0 Å². The van der Waals surface area contributed by atoms with Gasteiger partial charge in [-0.05, 0) is 52.0 Å². The summed E-state index contributed by atoms with van der Waals surface area (Å²) in [6.45, 7) is 8.01. The number of hydrogen-bond acceptors (Lipinski definition) is 3. The molecule has 0 spiro atoms. The van der Waals surface area contributed by atoms with E-state index >= 15 is 0 Å². The van der Waals surface area contributed by atoms with Gasteiger partial charge in [0.25, 0.3) is 0 Å². The van der Waals surface area contributed by atoms with Crippen LogP contribution in [0.25, 0.3) is 22.3 Å². The summed E-state index contributed by atoms with van der Waals surface area (Å²) in [5, 5.41) is 0.995. The number of rotatable bonds is 5. The predicted molar refractivity (Wildman–Crippen MR) is 128 cm³/mol. The van der Waals surface area contributed by atoms with E-state index in [9.17, 15) is 0 Å². The van der Waals surface area contributed by atoms with Crippen molar-refractivity contribution in [2.45, 2.75) is 39.8 Å². The number of halogens is 2. The van der Waals surface area contributed by atoms with E-state index in [1.54, 1.807) is 0 Å². The van der Waals surface area contributed by atoms with Gasteiger partial charge in [0.15, 0.2) is 0 Å². The summed E-state index contributed by atoms with van der Waals surface area (Å²) in [7, 11) is 0. The van der Waals surface area contributed by atoms with E-state index in [0.717, 1.165) is 33.4 Å². The van der Waals surface area contributed by atoms with Gasteiger partial charge >= 0.3 is 0 Å². The van der Waals surface area contributed by atoms with E-state index < -0.39 is 0 Å². The molecule has 0 saturated heterocycles. The lowest BCUT2D eigenvalue weighted by molar-refractivity contribution is 0.631. The van der Waals surface area contributed by atoms with Crippen LogP contribution >= 0.6 is 24.8 Å². The molecule has 3 aromatic rings. The Balaban J connectivity index is 0.00000210. The Labute approximate surface area is 184 Å². The van der Waals surface area contributed by atoms with Gasteiger partial charge < -0.3 is 15.9 Å². The minimum Gasteiger partial charge on any atom is -0.456 e. The minimum absolute atomic E-state index is 0. The van der Waals surface area contributed by atoms with Crippen LogP contribution in [0.3, 0.4) is 0 Å². The van der Waals surface area contributed by atoms with Crippen LogP contribution in [-0.2, 0) is 0 Å². The van der Waals surface area contributed by atoms with E-state index in [4.69, 9.17) is 15.9 Å². The molecule has 0 bridgehead atoms. The molecule has 0 atom stereocenters. The summed E-state index contributed by atoms with van der Waals surface area (Å²) in [4.78, 5) is 8.79. The van der Waals surface area contributed by atoms with Crippen molar-refractivity contribution in [3.8, 4) is 11.3 Å². The topological polar surface area (TPSA) is 89.9 Å². The second-order valence-corrected chi connectivity index (χ2v) is 7.16. The zero-order chi connectivity index (χ0) is 19.6. The van der Waals surface area contributed by atoms with Crippen LogP contribution in [0.2, 0.25) is 0 Å². The number of benzene rings is 2. The quantitative estimate of drug-likeness (QED) is 0.428. The first-order valence-electron chi connectivity index (χ1n) is 9.15. The van der Waals surface area contributed by atoms with Gasteiger partial charge in [-0.3, -0.25) is 9.98 Å². The number of nitrogens with two attached hydrogens (primary N) is 2. The average molecular weight is 435 g/mol. The van der Waals surface area contributed by atoms with Crippen molar-refractivity contribution in [3.63, 3.8) is 0 Å². The van der Waals surface area contributed by atoms with E-state index in [-0.39, 0.29) is 36.9 Å². The molecule has 5 nitrogen and oxygen atoms in total. The van der Waals surface area contributed by atoms with Gasteiger partial charge in [-0.25, -0.2) is 0 Å². The Bertz CT molecular complexity index is 1010. The third-order valence-electron chi connectivity index (χ3n) is 4.07. The van der Waals surface area contributed by atoms with Gasteiger partial charge in [-0.2, -0.15) is 0 Å². The van der Waals surface area contributed by atoms with E-state index in [0.29, 0.717) is 11.7 Å². The zero-order valence-corrected chi connectivity index (χ0v) is 18.7. The molecular formula is C22H28Cl2N4O. The highest BCUT2D eigenvalue weighted by atomic mass is 35.5. The number of furan rings is 1. The van der Waals surface area contributed by atoms with Crippen LogP contribution < -0.4 is 11.5 Å². The molecular weight excluding hydrogens is 407 g/mol. The fourth-order valence-electron chi connectivity index (χ4n) is 2.86. The lowest BCUT2D eigenvalue weighted by atomic mass is 10.1. The lowest BCUT2D eigenvalue weighted by Crippen LogP contribution is -2.15. The van der Waals surface area contributed by atoms with Gasteiger partial charge in [-0.15, -0.1) is 24.8 Å². The third-order valence-corrected chi connectivity index (χ3v) is 4.07. The van der Waals surface area contributed by atoms with Crippen molar-refractivity contribution >= 4 is 47.5 Å². The van der Waals surface area contributed by atoms with Crippen molar-refractivity contribution in [1.82, 2.24) is 0 Å². The number of aliphatic imine (C=N–C) groups is 2. The van der Waals surface area contributed by atoms with Gasteiger partial charge in [0.05, 0.1) is 0 Å². The average Bonchev–Trinajstić information content (AvgIpc) is 3.04. The molecule has 1 heterocycles.